The molecule has 0 saturated carbocycles. The number of likely N-dealkylation sites (tertiary alicyclic amines) is 1. The highest BCUT2D eigenvalue weighted by atomic mass is 19.4. The number of carbonyl (C=O) groups excluding carboxylic acids is 2. The van der Waals surface area contributed by atoms with Gasteiger partial charge in [-0.2, -0.15) is 13.2 Å². The smallest absolute Gasteiger partial charge is 0.416 e. The molecule has 9 heteroatoms. The number of Topliss-reactive ketones (excluding diaryl/α,β-unsaturated/α-hetero) is 1. The first-order chi connectivity index (χ1) is 18.3. The van der Waals surface area contributed by atoms with Crippen molar-refractivity contribution >= 4 is 17.4 Å². The third-order valence-corrected chi connectivity index (χ3v) is 6.51. The second kappa shape index (κ2) is 10.6. The number of aromatic nitrogens is 1. The largest absolute Gasteiger partial charge is 0.507 e. The minimum atomic E-state index is -4.56. The maximum absolute atomic E-state index is 13.3. The van der Waals surface area contributed by atoms with E-state index in [0.29, 0.717) is 23.5 Å². The molecule has 4 rings (SSSR count). The third-order valence-electron chi connectivity index (χ3n) is 6.51. The van der Waals surface area contributed by atoms with Crippen LogP contribution in [0.3, 0.4) is 0 Å². The Morgan fingerprint density at radius 2 is 1.79 bits per heavy atom. The van der Waals surface area contributed by atoms with Gasteiger partial charge in [-0.25, -0.2) is 0 Å². The lowest BCUT2D eigenvalue weighted by molar-refractivity contribution is -0.140. The van der Waals surface area contributed by atoms with E-state index in [-0.39, 0.29) is 28.9 Å². The topological polar surface area (TPSA) is 79.7 Å². The number of halogens is 3. The third kappa shape index (κ3) is 5.67. The van der Waals surface area contributed by atoms with E-state index in [0.717, 1.165) is 17.7 Å². The average Bonchev–Trinajstić information content (AvgIpc) is 3.13. The van der Waals surface area contributed by atoms with Gasteiger partial charge in [0.15, 0.2) is 0 Å². The molecule has 2 aromatic carbocycles. The van der Waals surface area contributed by atoms with Crippen LogP contribution in [0.25, 0.3) is 5.76 Å². The van der Waals surface area contributed by atoms with Crippen LogP contribution >= 0.6 is 0 Å². The zero-order chi connectivity index (χ0) is 28.5. The number of alkyl halides is 3. The molecule has 0 aliphatic carbocycles. The summed E-state index contributed by atoms with van der Waals surface area (Å²) in [5.41, 5.74) is 0.351. The summed E-state index contributed by atoms with van der Waals surface area (Å²) in [5.74, 6) is -1.61. The highest BCUT2D eigenvalue weighted by Gasteiger charge is 2.46. The van der Waals surface area contributed by atoms with Crippen LogP contribution in [0.15, 0.2) is 72.6 Å². The maximum atomic E-state index is 13.3. The van der Waals surface area contributed by atoms with Crippen molar-refractivity contribution in [2.24, 2.45) is 0 Å². The summed E-state index contributed by atoms with van der Waals surface area (Å²) in [7, 11) is 0. The number of carbonyl (C=O) groups is 2. The van der Waals surface area contributed by atoms with Crippen molar-refractivity contribution in [3.63, 3.8) is 0 Å². The Labute approximate surface area is 224 Å². The van der Waals surface area contributed by atoms with Gasteiger partial charge in [0.1, 0.15) is 11.5 Å². The molecule has 0 bridgehead atoms. The van der Waals surface area contributed by atoms with E-state index in [4.69, 9.17) is 4.74 Å². The fourth-order valence-corrected chi connectivity index (χ4v) is 4.67. The van der Waals surface area contributed by atoms with Gasteiger partial charge in [-0.15, -0.1) is 0 Å². The molecule has 3 aromatic rings. The van der Waals surface area contributed by atoms with Crippen LogP contribution in [-0.4, -0.2) is 33.3 Å². The Bertz CT molecular complexity index is 1430. The van der Waals surface area contributed by atoms with Gasteiger partial charge < -0.3 is 14.7 Å². The number of ketones is 1. The molecule has 1 aromatic heterocycles. The molecule has 2 heterocycles. The molecular formula is C30H29F3N2O4. The predicted octanol–water partition coefficient (Wildman–Crippen LogP) is 6.42. The number of rotatable bonds is 6. The number of benzene rings is 2. The van der Waals surface area contributed by atoms with Gasteiger partial charge in [-0.05, 0) is 59.9 Å². The van der Waals surface area contributed by atoms with Crippen LogP contribution in [-0.2, 0) is 27.7 Å². The Hall–Kier alpha value is -4.14. The van der Waals surface area contributed by atoms with Crippen LogP contribution < -0.4 is 4.74 Å². The predicted molar refractivity (Wildman–Crippen MR) is 140 cm³/mol. The van der Waals surface area contributed by atoms with Crippen molar-refractivity contribution in [2.75, 3.05) is 6.61 Å². The van der Waals surface area contributed by atoms with Crippen LogP contribution in [0.4, 0.5) is 13.2 Å². The van der Waals surface area contributed by atoms with Crippen molar-refractivity contribution in [3.8, 4) is 5.75 Å². The van der Waals surface area contributed by atoms with Crippen molar-refractivity contribution in [3.05, 3.63) is 100 Å². The van der Waals surface area contributed by atoms with Crippen molar-refractivity contribution in [1.82, 2.24) is 9.88 Å². The van der Waals surface area contributed by atoms with Crippen molar-refractivity contribution in [1.29, 1.82) is 0 Å². The lowest BCUT2D eigenvalue weighted by Crippen LogP contribution is -2.29. The second-order valence-corrected chi connectivity index (χ2v) is 10.3. The first-order valence-corrected chi connectivity index (χ1v) is 12.4. The zero-order valence-corrected chi connectivity index (χ0v) is 22.0. The van der Waals surface area contributed by atoms with Crippen LogP contribution in [0.1, 0.15) is 61.6 Å². The molecule has 1 aliphatic rings. The van der Waals surface area contributed by atoms with Gasteiger partial charge >= 0.3 is 6.18 Å². The van der Waals surface area contributed by atoms with Gasteiger partial charge in [0.25, 0.3) is 11.7 Å². The van der Waals surface area contributed by atoms with Gasteiger partial charge in [-0.1, -0.05) is 39.0 Å². The van der Waals surface area contributed by atoms with Gasteiger partial charge in [0.2, 0.25) is 0 Å². The number of aliphatic hydroxyl groups is 1. The first-order valence-electron chi connectivity index (χ1n) is 12.4. The number of ether oxygens (including phenoxy) is 1. The standard InChI is InChI=1S/C30H29F3N2O4/c1-5-39-23-12-11-19(15-22(23)29(2,3)4)26(36)24-25(20-9-7-13-34-16-20)35(28(38)27(24)37)17-18-8-6-10-21(14-18)30(31,32)33/h6-16,25,36H,5,17H2,1-4H3/b26-24-. The fourth-order valence-electron chi connectivity index (χ4n) is 4.67. The Morgan fingerprint density at radius 3 is 2.41 bits per heavy atom. The van der Waals surface area contributed by atoms with Gasteiger partial charge in [0, 0.05) is 30.1 Å². The lowest BCUT2D eigenvalue weighted by Gasteiger charge is -2.26. The monoisotopic (exact) mass is 538 g/mol. The molecule has 1 amide bonds. The normalized spacial score (nSPS) is 17.5. The number of pyridine rings is 1. The van der Waals surface area contributed by atoms with Gasteiger partial charge in [-0.3, -0.25) is 14.6 Å². The summed E-state index contributed by atoms with van der Waals surface area (Å²) >= 11 is 0. The Kier molecular flexibility index (Phi) is 7.54. The summed E-state index contributed by atoms with van der Waals surface area (Å²) in [6, 6.07) is 11.8. The molecule has 1 N–H and O–H groups in total. The second-order valence-electron chi connectivity index (χ2n) is 10.3. The van der Waals surface area contributed by atoms with Crippen LogP contribution in [0.2, 0.25) is 0 Å². The fraction of sp³-hybridized carbons (Fsp3) is 0.300. The van der Waals surface area contributed by atoms with Crippen molar-refractivity contribution < 1.29 is 32.6 Å². The van der Waals surface area contributed by atoms with E-state index in [2.05, 4.69) is 4.98 Å². The van der Waals surface area contributed by atoms with E-state index < -0.39 is 29.5 Å². The summed E-state index contributed by atoms with van der Waals surface area (Å²) < 4.78 is 45.7. The Morgan fingerprint density at radius 1 is 1.05 bits per heavy atom. The number of amides is 1. The molecule has 1 saturated heterocycles. The summed E-state index contributed by atoms with van der Waals surface area (Å²) in [6.07, 6.45) is -1.59. The number of nitrogens with zero attached hydrogens (tertiary/aromatic N) is 2. The molecule has 1 fully saturated rings. The molecule has 1 unspecified atom stereocenters. The molecule has 0 radical (unpaired) electrons. The first kappa shape index (κ1) is 27.9. The maximum Gasteiger partial charge on any atom is 0.416 e. The molecule has 1 aliphatic heterocycles. The van der Waals surface area contributed by atoms with Crippen LogP contribution in [0.5, 0.6) is 5.75 Å². The minimum absolute atomic E-state index is 0.163. The Balaban J connectivity index is 1.85. The summed E-state index contributed by atoms with van der Waals surface area (Å²) in [4.78, 5) is 31.9. The van der Waals surface area contributed by atoms with Gasteiger partial charge in [0.05, 0.1) is 23.8 Å². The number of aliphatic hydroxyl groups excluding tert-OH is 1. The lowest BCUT2D eigenvalue weighted by atomic mass is 9.84. The summed E-state index contributed by atoms with van der Waals surface area (Å²) in [5, 5.41) is 11.5. The average molecular weight is 539 g/mol. The molecular weight excluding hydrogens is 509 g/mol. The quantitative estimate of drug-likeness (QED) is 0.223. The van der Waals surface area contributed by atoms with Crippen molar-refractivity contribution in [2.45, 2.75) is 51.9 Å². The number of hydrogen-bond donors (Lipinski definition) is 1. The highest BCUT2D eigenvalue weighted by Crippen LogP contribution is 2.42. The SMILES string of the molecule is CCOc1ccc(/C(O)=C2/C(=O)C(=O)N(Cc3cccc(C(F)(F)F)c3)C2c2cccnc2)cc1C(C)(C)C. The minimum Gasteiger partial charge on any atom is -0.507 e. The molecule has 6 nitrogen and oxygen atoms in total. The molecule has 39 heavy (non-hydrogen) atoms. The van der Waals surface area contributed by atoms with Crippen LogP contribution in [0, 0.1) is 0 Å². The van der Waals surface area contributed by atoms with E-state index in [9.17, 15) is 27.9 Å². The highest BCUT2D eigenvalue weighted by molar-refractivity contribution is 6.46. The number of hydrogen-bond acceptors (Lipinski definition) is 5. The van der Waals surface area contributed by atoms with E-state index in [1.165, 1.54) is 29.4 Å². The van der Waals surface area contributed by atoms with E-state index in [1.807, 2.05) is 27.7 Å². The molecule has 1 atom stereocenters. The van der Waals surface area contributed by atoms with E-state index >= 15 is 0 Å². The summed E-state index contributed by atoms with van der Waals surface area (Å²) in [6.45, 7) is 7.98. The zero-order valence-electron chi connectivity index (χ0n) is 22.0. The molecule has 204 valence electrons. The van der Waals surface area contributed by atoms with E-state index in [1.54, 1.807) is 30.3 Å². The molecule has 0 spiro atoms.